The minimum atomic E-state index is -0.415. The number of ketones is 3. The van der Waals surface area contributed by atoms with Gasteiger partial charge in [-0.25, -0.2) is 0 Å². The van der Waals surface area contributed by atoms with Crippen LogP contribution in [0.5, 0.6) is 5.75 Å². The number of hydrogen-bond donors (Lipinski definition) is 0. The Morgan fingerprint density at radius 2 is 1.39 bits per heavy atom. The third-order valence-electron chi connectivity index (χ3n) is 5.36. The van der Waals surface area contributed by atoms with Crippen molar-refractivity contribution in [2.24, 2.45) is 0 Å². The zero-order chi connectivity index (χ0) is 22.0. The van der Waals surface area contributed by atoms with Gasteiger partial charge in [-0.1, -0.05) is 54.6 Å². The molecule has 4 rings (SSSR count). The van der Waals surface area contributed by atoms with Crippen LogP contribution >= 0.6 is 0 Å². The molecule has 0 spiro atoms. The molecule has 0 heterocycles. The van der Waals surface area contributed by atoms with E-state index >= 15 is 0 Å². The molecule has 0 bridgehead atoms. The van der Waals surface area contributed by atoms with Gasteiger partial charge < -0.3 is 9.64 Å². The van der Waals surface area contributed by atoms with Gasteiger partial charge in [0.2, 0.25) is 0 Å². The third-order valence-corrected chi connectivity index (χ3v) is 5.36. The van der Waals surface area contributed by atoms with E-state index in [-0.39, 0.29) is 29.0 Å². The Morgan fingerprint density at radius 3 is 2.00 bits per heavy atom. The number of fused-ring (bicyclic) bond motifs is 1. The Morgan fingerprint density at radius 1 is 0.806 bits per heavy atom. The van der Waals surface area contributed by atoms with Crippen molar-refractivity contribution in [2.75, 3.05) is 25.6 Å². The average molecular weight is 411 g/mol. The number of rotatable bonds is 6. The summed E-state index contributed by atoms with van der Waals surface area (Å²) in [5.41, 5.74) is 2.05. The largest absolute Gasteiger partial charge is 0.497 e. The second-order valence-corrected chi connectivity index (χ2v) is 7.30. The van der Waals surface area contributed by atoms with Crippen molar-refractivity contribution >= 4 is 28.6 Å². The Hall–Kier alpha value is -3.99. The number of allylic oxidation sites excluding steroid dienone is 1. The van der Waals surface area contributed by atoms with Crippen LogP contribution in [0.2, 0.25) is 0 Å². The van der Waals surface area contributed by atoms with E-state index in [4.69, 9.17) is 4.74 Å². The van der Waals surface area contributed by atoms with E-state index in [1.54, 1.807) is 79.7 Å². The first-order valence-electron chi connectivity index (χ1n) is 9.87. The normalized spacial score (nSPS) is 13.1. The molecule has 5 nitrogen and oxygen atoms in total. The molecule has 0 radical (unpaired) electrons. The van der Waals surface area contributed by atoms with Gasteiger partial charge in [-0.15, -0.1) is 0 Å². The molecule has 3 aromatic rings. The second kappa shape index (κ2) is 8.40. The van der Waals surface area contributed by atoms with Crippen molar-refractivity contribution in [3.63, 3.8) is 0 Å². The quantitative estimate of drug-likeness (QED) is 0.568. The highest BCUT2D eigenvalue weighted by atomic mass is 16.5. The molecule has 0 aromatic heterocycles. The van der Waals surface area contributed by atoms with Gasteiger partial charge in [0.25, 0.3) is 0 Å². The van der Waals surface area contributed by atoms with E-state index in [0.717, 1.165) is 5.69 Å². The summed E-state index contributed by atoms with van der Waals surface area (Å²) in [6.45, 7) is -0.0425. The number of anilines is 1. The molecular weight excluding hydrogens is 390 g/mol. The fourth-order valence-corrected chi connectivity index (χ4v) is 3.74. The molecule has 0 aliphatic heterocycles. The Balaban J connectivity index is 1.75. The van der Waals surface area contributed by atoms with Crippen LogP contribution in [0.25, 0.3) is 5.57 Å². The minimum absolute atomic E-state index is 0.0425. The highest BCUT2D eigenvalue weighted by Crippen LogP contribution is 2.33. The lowest BCUT2D eigenvalue weighted by Gasteiger charge is -2.23. The molecule has 3 aromatic carbocycles. The Bertz CT molecular complexity index is 1190. The number of methoxy groups -OCH3 is 1. The van der Waals surface area contributed by atoms with E-state index in [1.807, 2.05) is 18.2 Å². The number of carbonyl (C=O) groups is 3. The summed E-state index contributed by atoms with van der Waals surface area (Å²) >= 11 is 0. The van der Waals surface area contributed by atoms with Crippen molar-refractivity contribution in [2.45, 2.75) is 0 Å². The van der Waals surface area contributed by atoms with Crippen LogP contribution in [0.1, 0.15) is 26.3 Å². The SMILES string of the molecule is COc1ccc(N(C)CC(=O)C2=C(c3ccccc3)C(=O)c3ccccc3C2=O)cc1. The molecule has 0 amide bonds. The summed E-state index contributed by atoms with van der Waals surface area (Å²) in [7, 11) is 3.36. The van der Waals surface area contributed by atoms with Crippen LogP contribution in [-0.4, -0.2) is 38.1 Å². The average Bonchev–Trinajstić information content (AvgIpc) is 2.81. The van der Waals surface area contributed by atoms with Gasteiger partial charge in [-0.3, -0.25) is 14.4 Å². The maximum Gasteiger partial charge on any atom is 0.198 e. The summed E-state index contributed by atoms with van der Waals surface area (Å²) in [6, 6.07) is 22.8. The van der Waals surface area contributed by atoms with Gasteiger partial charge in [-0.05, 0) is 29.8 Å². The number of carbonyl (C=O) groups excluding carboxylic acids is 3. The number of benzene rings is 3. The molecule has 0 fully saturated rings. The lowest BCUT2D eigenvalue weighted by Crippen LogP contribution is -2.32. The fraction of sp³-hybridized carbons (Fsp3) is 0.115. The van der Waals surface area contributed by atoms with Gasteiger partial charge in [0.1, 0.15) is 5.75 Å². The number of nitrogens with zero attached hydrogens (tertiary/aromatic N) is 1. The summed E-state index contributed by atoms with van der Waals surface area (Å²) in [5.74, 6) is -0.411. The lowest BCUT2D eigenvalue weighted by molar-refractivity contribution is -0.114. The summed E-state index contributed by atoms with van der Waals surface area (Å²) in [6.07, 6.45) is 0. The zero-order valence-corrected chi connectivity index (χ0v) is 17.3. The maximum atomic E-state index is 13.4. The first kappa shape index (κ1) is 20.3. The van der Waals surface area contributed by atoms with E-state index < -0.39 is 11.6 Å². The first-order valence-corrected chi connectivity index (χ1v) is 9.87. The van der Waals surface area contributed by atoms with Crippen LogP contribution in [0.4, 0.5) is 5.69 Å². The van der Waals surface area contributed by atoms with E-state index in [2.05, 4.69) is 0 Å². The standard InChI is InChI=1S/C26H21NO4/c1-27(18-12-14-19(31-2)15-13-18)16-22(28)24-23(17-8-4-3-5-9-17)25(29)20-10-6-7-11-21(20)26(24)30/h3-15H,16H2,1-2H3. The van der Waals surface area contributed by atoms with Gasteiger partial charge in [-0.2, -0.15) is 0 Å². The van der Waals surface area contributed by atoms with Crippen LogP contribution < -0.4 is 9.64 Å². The van der Waals surface area contributed by atoms with Gasteiger partial charge in [0.05, 0.1) is 19.2 Å². The highest BCUT2D eigenvalue weighted by molar-refractivity contribution is 6.47. The summed E-state index contributed by atoms with van der Waals surface area (Å²) < 4.78 is 5.17. The van der Waals surface area contributed by atoms with Gasteiger partial charge in [0, 0.05) is 29.4 Å². The molecule has 1 aliphatic carbocycles. The van der Waals surface area contributed by atoms with Gasteiger partial charge in [0.15, 0.2) is 17.3 Å². The van der Waals surface area contributed by atoms with Crippen molar-refractivity contribution in [3.05, 3.63) is 101 Å². The zero-order valence-electron chi connectivity index (χ0n) is 17.3. The molecule has 0 unspecified atom stereocenters. The van der Waals surface area contributed by atoms with Crippen molar-refractivity contribution in [3.8, 4) is 5.75 Å². The molecule has 0 saturated carbocycles. The van der Waals surface area contributed by atoms with Crippen LogP contribution in [0.3, 0.4) is 0 Å². The maximum absolute atomic E-state index is 13.4. The van der Waals surface area contributed by atoms with E-state index in [0.29, 0.717) is 16.9 Å². The van der Waals surface area contributed by atoms with E-state index in [9.17, 15) is 14.4 Å². The third kappa shape index (κ3) is 3.78. The number of ether oxygens (including phenoxy) is 1. The Labute approximate surface area is 180 Å². The number of likely N-dealkylation sites (N-methyl/N-ethyl adjacent to an activating group) is 1. The molecule has 5 heteroatoms. The molecule has 0 atom stereocenters. The lowest BCUT2D eigenvalue weighted by atomic mass is 9.79. The monoisotopic (exact) mass is 411 g/mol. The number of Topliss-reactive ketones (excluding diaryl/α,β-unsaturated/α-hetero) is 3. The second-order valence-electron chi connectivity index (χ2n) is 7.30. The molecule has 1 aliphatic rings. The minimum Gasteiger partial charge on any atom is -0.497 e. The van der Waals surface area contributed by atoms with Crippen LogP contribution in [-0.2, 0) is 4.79 Å². The predicted octanol–water partition coefficient (Wildman–Crippen LogP) is 4.23. The van der Waals surface area contributed by atoms with Crippen LogP contribution in [0, 0.1) is 0 Å². The molecule has 154 valence electrons. The van der Waals surface area contributed by atoms with E-state index in [1.165, 1.54) is 0 Å². The summed E-state index contributed by atoms with van der Waals surface area (Å²) in [4.78, 5) is 41.7. The molecule has 0 N–H and O–H groups in total. The summed E-state index contributed by atoms with van der Waals surface area (Å²) in [5, 5.41) is 0. The topological polar surface area (TPSA) is 63.7 Å². The molecule has 31 heavy (non-hydrogen) atoms. The van der Waals surface area contributed by atoms with Crippen molar-refractivity contribution in [1.29, 1.82) is 0 Å². The molecular formula is C26H21NO4. The predicted molar refractivity (Wildman–Crippen MR) is 120 cm³/mol. The van der Waals surface area contributed by atoms with Gasteiger partial charge >= 0.3 is 0 Å². The first-order chi connectivity index (χ1) is 15.0. The molecule has 0 saturated heterocycles. The van der Waals surface area contributed by atoms with Crippen molar-refractivity contribution < 1.29 is 19.1 Å². The van der Waals surface area contributed by atoms with Crippen molar-refractivity contribution in [1.82, 2.24) is 0 Å². The van der Waals surface area contributed by atoms with Crippen LogP contribution in [0.15, 0.2) is 84.4 Å². The highest BCUT2D eigenvalue weighted by Gasteiger charge is 2.36. The smallest absolute Gasteiger partial charge is 0.198 e. The number of hydrogen-bond acceptors (Lipinski definition) is 5. The Kier molecular flexibility index (Phi) is 5.50. The fourth-order valence-electron chi connectivity index (χ4n) is 3.74.